The average Bonchev–Trinajstić information content (AvgIpc) is 3.39. The van der Waals surface area contributed by atoms with Crippen LogP contribution in [-0.4, -0.2) is 50.4 Å². The molecule has 1 aliphatic rings. The van der Waals surface area contributed by atoms with Gasteiger partial charge in [-0.25, -0.2) is 14.6 Å². The first kappa shape index (κ1) is 23.7. The number of thiazole rings is 1. The first-order chi connectivity index (χ1) is 15.3. The molecule has 1 fully saturated rings. The Bertz CT molecular complexity index is 1010. The minimum Gasteiger partial charge on any atom is -0.461 e. The number of benzene rings is 1. The summed E-state index contributed by atoms with van der Waals surface area (Å²) in [5.41, 5.74) is 0.729. The van der Waals surface area contributed by atoms with Crippen molar-refractivity contribution < 1.29 is 28.8 Å². The van der Waals surface area contributed by atoms with Crippen LogP contribution in [0.3, 0.4) is 0 Å². The number of likely N-dealkylation sites (tertiary alicyclic amines) is 1. The lowest BCUT2D eigenvalue weighted by atomic mass is 10.2. The largest absolute Gasteiger partial charge is 0.461 e. The van der Waals surface area contributed by atoms with Crippen molar-refractivity contribution in [3.63, 3.8) is 0 Å². The van der Waals surface area contributed by atoms with Crippen molar-refractivity contribution in [2.45, 2.75) is 38.2 Å². The van der Waals surface area contributed by atoms with E-state index in [1.807, 2.05) is 0 Å². The lowest BCUT2D eigenvalue weighted by Crippen LogP contribution is -2.32. The second-order valence-corrected chi connectivity index (χ2v) is 9.27. The molecule has 0 bridgehead atoms. The number of hydrogen-bond acceptors (Lipinski definition) is 10. The van der Waals surface area contributed by atoms with Crippen LogP contribution < -0.4 is 0 Å². The van der Waals surface area contributed by atoms with Gasteiger partial charge in [0, 0.05) is 36.2 Å². The zero-order valence-corrected chi connectivity index (χ0v) is 19.0. The number of non-ortho nitro benzene ring substituents is 1. The van der Waals surface area contributed by atoms with Crippen molar-refractivity contribution in [2.75, 3.05) is 13.2 Å². The minimum atomic E-state index is -0.590. The van der Waals surface area contributed by atoms with Crippen LogP contribution in [0.2, 0.25) is 0 Å². The van der Waals surface area contributed by atoms with E-state index < -0.39 is 23.0 Å². The number of nitro benzene ring substituents is 1. The van der Waals surface area contributed by atoms with E-state index in [1.165, 1.54) is 47.4 Å². The van der Waals surface area contributed by atoms with Crippen LogP contribution in [0.1, 0.15) is 47.4 Å². The number of aromatic nitrogens is 1. The zero-order valence-electron chi connectivity index (χ0n) is 17.4. The van der Waals surface area contributed by atoms with Crippen LogP contribution in [-0.2, 0) is 20.9 Å². The monoisotopic (exact) mass is 479 g/mol. The second kappa shape index (κ2) is 10.6. The Hall–Kier alpha value is -2.99. The molecule has 1 aromatic heterocycles. The molecule has 2 aromatic rings. The molecule has 170 valence electrons. The van der Waals surface area contributed by atoms with Crippen LogP contribution in [0.5, 0.6) is 0 Å². The zero-order chi connectivity index (χ0) is 23.3. The number of esters is 1. The maximum Gasteiger partial charge on any atom is 0.410 e. The van der Waals surface area contributed by atoms with Gasteiger partial charge < -0.3 is 9.47 Å². The van der Waals surface area contributed by atoms with Crippen molar-refractivity contribution in [1.29, 1.82) is 0 Å². The van der Waals surface area contributed by atoms with E-state index >= 15 is 0 Å². The molecule has 0 radical (unpaired) electrons. The highest BCUT2D eigenvalue weighted by Crippen LogP contribution is 2.39. The number of nitro groups is 1. The Morgan fingerprint density at radius 2 is 2.00 bits per heavy atom. The third-order valence-electron chi connectivity index (χ3n) is 4.63. The summed E-state index contributed by atoms with van der Waals surface area (Å²) in [4.78, 5) is 52.5. The lowest BCUT2D eigenvalue weighted by molar-refractivity contribution is -0.384. The summed E-state index contributed by atoms with van der Waals surface area (Å²) in [7, 11) is 0. The van der Waals surface area contributed by atoms with Crippen molar-refractivity contribution in [2.24, 2.45) is 0 Å². The van der Waals surface area contributed by atoms with Crippen molar-refractivity contribution >= 4 is 46.0 Å². The first-order valence-electron chi connectivity index (χ1n) is 9.75. The summed E-state index contributed by atoms with van der Waals surface area (Å²) < 4.78 is 10.4. The molecule has 0 spiro atoms. The molecule has 2 atom stereocenters. The normalized spacial score (nSPS) is 17.8. The highest BCUT2D eigenvalue weighted by molar-refractivity contribution is 8.14. The number of carbonyl (C=O) groups is 3. The third-order valence-corrected chi connectivity index (χ3v) is 6.58. The number of nitrogens with zero attached hydrogens (tertiary/aromatic N) is 3. The van der Waals surface area contributed by atoms with E-state index in [0.717, 1.165) is 11.8 Å². The van der Waals surface area contributed by atoms with Gasteiger partial charge in [-0.3, -0.25) is 19.8 Å². The predicted octanol–water partition coefficient (Wildman–Crippen LogP) is 3.96. The Balaban J connectivity index is 1.72. The van der Waals surface area contributed by atoms with Crippen LogP contribution in [0.4, 0.5) is 10.5 Å². The molecule has 0 N–H and O–H groups in total. The molecule has 1 aromatic carbocycles. The Labute approximate surface area is 192 Å². The molecular weight excluding hydrogens is 458 g/mol. The Morgan fingerprint density at radius 1 is 1.28 bits per heavy atom. The summed E-state index contributed by atoms with van der Waals surface area (Å²) >= 11 is 2.40. The number of carbonyl (C=O) groups excluding carboxylic acids is 3. The topological polar surface area (TPSA) is 129 Å². The van der Waals surface area contributed by atoms with Gasteiger partial charge >= 0.3 is 12.1 Å². The summed E-state index contributed by atoms with van der Waals surface area (Å²) in [6.45, 7) is 3.64. The number of amides is 1. The highest BCUT2D eigenvalue weighted by Gasteiger charge is 2.40. The predicted molar refractivity (Wildman–Crippen MR) is 117 cm³/mol. The van der Waals surface area contributed by atoms with Gasteiger partial charge in [0.2, 0.25) is 0 Å². The molecule has 2 heterocycles. The summed E-state index contributed by atoms with van der Waals surface area (Å²) in [5.74, 6) is -0.532. The number of thioether (sulfide) groups is 1. The molecule has 0 saturated carbocycles. The van der Waals surface area contributed by atoms with Gasteiger partial charge in [0.05, 0.1) is 17.6 Å². The molecule has 1 aliphatic heterocycles. The fourth-order valence-electron chi connectivity index (χ4n) is 3.23. The van der Waals surface area contributed by atoms with Gasteiger partial charge in [0.1, 0.15) is 11.6 Å². The van der Waals surface area contributed by atoms with E-state index in [1.54, 1.807) is 12.3 Å². The van der Waals surface area contributed by atoms with Crippen LogP contribution >= 0.6 is 23.1 Å². The summed E-state index contributed by atoms with van der Waals surface area (Å²) in [5, 5.41) is 12.7. The fraction of sp³-hybridized carbons (Fsp3) is 0.400. The molecule has 0 unspecified atom stereocenters. The number of hydrogen-bond donors (Lipinski definition) is 0. The molecule has 10 nitrogen and oxygen atoms in total. The summed E-state index contributed by atoms with van der Waals surface area (Å²) in [6, 6.07) is 5.28. The molecule has 3 rings (SSSR count). The molecule has 1 saturated heterocycles. The molecule has 0 aliphatic carbocycles. The molecule has 32 heavy (non-hydrogen) atoms. The van der Waals surface area contributed by atoms with Gasteiger partial charge in [0.25, 0.3) is 5.69 Å². The standard InChI is InChI=1S/C20H21N3O7S2/c1-3-29-19(25)16-11-31-18(21-16)17-8-15(32-12(2)24)9-22(17)20(26)30-10-13-4-6-14(7-5-13)23(27)28/h4-7,11,15,17H,3,8-10H2,1-2H3/t15-,17-/m0/s1. The van der Waals surface area contributed by atoms with Crippen LogP contribution in [0.25, 0.3) is 0 Å². The van der Waals surface area contributed by atoms with Gasteiger partial charge in [-0.1, -0.05) is 11.8 Å². The third kappa shape index (κ3) is 5.82. The van der Waals surface area contributed by atoms with E-state index in [2.05, 4.69) is 4.98 Å². The molecule has 12 heteroatoms. The first-order valence-corrected chi connectivity index (χ1v) is 11.5. The van der Waals surface area contributed by atoms with E-state index in [0.29, 0.717) is 23.5 Å². The van der Waals surface area contributed by atoms with Gasteiger partial charge in [-0.05, 0) is 31.0 Å². The van der Waals surface area contributed by atoms with Crippen molar-refractivity contribution in [3.8, 4) is 0 Å². The smallest absolute Gasteiger partial charge is 0.410 e. The highest BCUT2D eigenvalue weighted by atomic mass is 32.2. The quantitative estimate of drug-likeness (QED) is 0.329. The maximum absolute atomic E-state index is 12.8. The van der Waals surface area contributed by atoms with Crippen molar-refractivity contribution in [1.82, 2.24) is 9.88 Å². The average molecular weight is 480 g/mol. The van der Waals surface area contributed by atoms with Crippen LogP contribution in [0, 0.1) is 10.1 Å². The van der Waals surface area contributed by atoms with Gasteiger partial charge in [-0.2, -0.15) is 0 Å². The minimum absolute atomic E-state index is 0.0510. The Kier molecular flexibility index (Phi) is 7.80. The fourth-order valence-corrected chi connectivity index (χ4v) is 5.13. The second-order valence-electron chi connectivity index (χ2n) is 6.90. The van der Waals surface area contributed by atoms with Gasteiger partial charge in [-0.15, -0.1) is 11.3 Å². The van der Waals surface area contributed by atoms with Crippen LogP contribution in [0.15, 0.2) is 29.6 Å². The number of ether oxygens (including phenoxy) is 2. The van der Waals surface area contributed by atoms with E-state index in [4.69, 9.17) is 9.47 Å². The van der Waals surface area contributed by atoms with Crippen molar-refractivity contribution in [3.05, 3.63) is 56.0 Å². The molecular formula is C20H21N3O7S2. The summed E-state index contributed by atoms with van der Waals surface area (Å²) in [6.07, 6.45) is -0.0972. The van der Waals surface area contributed by atoms with E-state index in [-0.39, 0.29) is 35.0 Å². The molecule has 1 amide bonds. The van der Waals surface area contributed by atoms with E-state index in [9.17, 15) is 24.5 Å². The SMILES string of the molecule is CCOC(=O)c1csc([C@@H]2C[C@H](SC(C)=O)CN2C(=O)OCc2ccc([N+](=O)[O-])cc2)n1. The lowest BCUT2D eigenvalue weighted by Gasteiger charge is -2.22. The number of rotatable bonds is 7. The Morgan fingerprint density at radius 3 is 2.62 bits per heavy atom. The maximum atomic E-state index is 12.8. The van der Waals surface area contributed by atoms with Gasteiger partial charge in [0.15, 0.2) is 10.8 Å².